The van der Waals surface area contributed by atoms with Gasteiger partial charge < -0.3 is 11.1 Å². The summed E-state index contributed by atoms with van der Waals surface area (Å²) in [6.45, 7) is 5.27. The SMILES string of the molecule is CCCN=C(N)NC1CCC(C)CC1. The molecule has 0 aromatic rings. The van der Waals surface area contributed by atoms with E-state index in [1.807, 2.05) is 0 Å². The molecule has 0 spiro atoms. The number of guanidine groups is 1. The fourth-order valence-electron chi connectivity index (χ4n) is 1.89. The van der Waals surface area contributed by atoms with Gasteiger partial charge in [-0.15, -0.1) is 0 Å². The Bertz CT molecular complexity index is 181. The molecule has 1 aliphatic carbocycles. The monoisotopic (exact) mass is 197 g/mol. The minimum atomic E-state index is 0.562. The molecule has 14 heavy (non-hydrogen) atoms. The topological polar surface area (TPSA) is 50.4 Å². The Balaban J connectivity index is 2.23. The summed E-state index contributed by atoms with van der Waals surface area (Å²) in [6, 6.07) is 0.562. The van der Waals surface area contributed by atoms with Crippen molar-refractivity contribution < 1.29 is 0 Å². The average Bonchev–Trinajstić information content (AvgIpc) is 2.18. The van der Waals surface area contributed by atoms with E-state index in [1.165, 1.54) is 25.7 Å². The summed E-state index contributed by atoms with van der Waals surface area (Å²) < 4.78 is 0. The van der Waals surface area contributed by atoms with E-state index in [0.717, 1.165) is 18.9 Å². The van der Waals surface area contributed by atoms with Crippen LogP contribution in [0.15, 0.2) is 4.99 Å². The summed E-state index contributed by atoms with van der Waals surface area (Å²) in [5, 5.41) is 3.30. The smallest absolute Gasteiger partial charge is 0.188 e. The summed E-state index contributed by atoms with van der Waals surface area (Å²) in [5.74, 6) is 1.52. The van der Waals surface area contributed by atoms with Crippen molar-refractivity contribution in [2.75, 3.05) is 6.54 Å². The molecular weight excluding hydrogens is 174 g/mol. The van der Waals surface area contributed by atoms with Crippen molar-refractivity contribution in [2.24, 2.45) is 16.6 Å². The normalized spacial score (nSPS) is 28.9. The molecule has 1 rings (SSSR count). The van der Waals surface area contributed by atoms with Gasteiger partial charge in [0.15, 0.2) is 5.96 Å². The molecule has 0 saturated heterocycles. The number of nitrogens with two attached hydrogens (primary N) is 1. The van der Waals surface area contributed by atoms with Crippen LogP contribution in [0.5, 0.6) is 0 Å². The van der Waals surface area contributed by atoms with Gasteiger partial charge in [-0.3, -0.25) is 4.99 Å². The van der Waals surface area contributed by atoms with Gasteiger partial charge in [-0.2, -0.15) is 0 Å². The van der Waals surface area contributed by atoms with Crippen LogP contribution in [0.4, 0.5) is 0 Å². The van der Waals surface area contributed by atoms with Crippen molar-refractivity contribution >= 4 is 5.96 Å². The summed E-state index contributed by atoms with van der Waals surface area (Å²) in [6.07, 6.45) is 6.18. The third kappa shape index (κ3) is 3.99. The average molecular weight is 197 g/mol. The lowest BCUT2D eigenvalue weighted by atomic mass is 9.87. The third-order valence-corrected chi connectivity index (χ3v) is 2.87. The zero-order valence-electron chi connectivity index (χ0n) is 9.42. The molecule has 1 aliphatic rings. The Kier molecular flexibility index (Phi) is 4.77. The van der Waals surface area contributed by atoms with E-state index in [0.29, 0.717) is 12.0 Å². The van der Waals surface area contributed by atoms with Crippen LogP contribution in [-0.2, 0) is 0 Å². The van der Waals surface area contributed by atoms with Crippen LogP contribution in [0, 0.1) is 5.92 Å². The van der Waals surface area contributed by atoms with Gasteiger partial charge in [-0.1, -0.05) is 13.8 Å². The lowest BCUT2D eigenvalue weighted by Gasteiger charge is -2.27. The van der Waals surface area contributed by atoms with Crippen molar-refractivity contribution in [3.63, 3.8) is 0 Å². The van der Waals surface area contributed by atoms with E-state index in [2.05, 4.69) is 24.2 Å². The van der Waals surface area contributed by atoms with Gasteiger partial charge in [0.2, 0.25) is 0 Å². The summed E-state index contributed by atoms with van der Waals surface area (Å²) in [4.78, 5) is 4.24. The van der Waals surface area contributed by atoms with Crippen molar-refractivity contribution in [2.45, 2.75) is 52.0 Å². The molecule has 0 heterocycles. The van der Waals surface area contributed by atoms with Gasteiger partial charge in [-0.05, 0) is 38.0 Å². The molecule has 0 atom stereocenters. The summed E-state index contributed by atoms with van der Waals surface area (Å²) in [7, 11) is 0. The molecule has 0 aromatic heterocycles. The first-order valence-corrected chi connectivity index (χ1v) is 5.78. The fourth-order valence-corrected chi connectivity index (χ4v) is 1.89. The van der Waals surface area contributed by atoms with E-state index in [-0.39, 0.29) is 0 Å². The van der Waals surface area contributed by atoms with Crippen molar-refractivity contribution in [1.29, 1.82) is 0 Å². The van der Waals surface area contributed by atoms with Gasteiger partial charge in [0.25, 0.3) is 0 Å². The van der Waals surface area contributed by atoms with Crippen molar-refractivity contribution in [3.8, 4) is 0 Å². The van der Waals surface area contributed by atoms with Gasteiger partial charge in [0.05, 0.1) is 0 Å². The lowest BCUT2D eigenvalue weighted by molar-refractivity contribution is 0.330. The van der Waals surface area contributed by atoms with E-state index in [9.17, 15) is 0 Å². The van der Waals surface area contributed by atoms with Gasteiger partial charge in [0.1, 0.15) is 0 Å². The minimum Gasteiger partial charge on any atom is -0.370 e. The Hall–Kier alpha value is -0.730. The number of hydrogen-bond acceptors (Lipinski definition) is 1. The Morgan fingerprint density at radius 3 is 2.57 bits per heavy atom. The second kappa shape index (κ2) is 5.89. The molecule has 0 aromatic carbocycles. The van der Waals surface area contributed by atoms with Crippen LogP contribution in [0.1, 0.15) is 46.0 Å². The first-order chi connectivity index (χ1) is 6.72. The molecule has 3 heteroatoms. The molecule has 1 saturated carbocycles. The Morgan fingerprint density at radius 2 is 2.00 bits per heavy atom. The first kappa shape index (κ1) is 11.3. The highest BCUT2D eigenvalue weighted by Crippen LogP contribution is 2.23. The van der Waals surface area contributed by atoms with Crippen molar-refractivity contribution in [3.05, 3.63) is 0 Å². The largest absolute Gasteiger partial charge is 0.370 e. The van der Waals surface area contributed by atoms with Crippen LogP contribution in [0.25, 0.3) is 0 Å². The minimum absolute atomic E-state index is 0.562. The van der Waals surface area contributed by atoms with Crippen LogP contribution in [0.3, 0.4) is 0 Å². The van der Waals surface area contributed by atoms with Crippen LogP contribution >= 0.6 is 0 Å². The second-order valence-corrected chi connectivity index (χ2v) is 4.37. The van der Waals surface area contributed by atoms with E-state index in [1.54, 1.807) is 0 Å². The quantitative estimate of drug-likeness (QED) is 0.536. The highest BCUT2D eigenvalue weighted by molar-refractivity contribution is 5.78. The molecule has 0 unspecified atom stereocenters. The molecule has 1 fully saturated rings. The fraction of sp³-hybridized carbons (Fsp3) is 0.909. The highest BCUT2D eigenvalue weighted by Gasteiger charge is 2.17. The van der Waals surface area contributed by atoms with Crippen LogP contribution in [0.2, 0.25) is 0 Å². The van der Waals surface area contributed by atoms with E-state index < -0.39 is 0 Å². The lowest BCUT2D eigenvalue weighted by Crippen LogP contribution is -2.41. The maximum atomic E-state index is 5.76. The molecule has 0 radical (unpaired) electrons. The highest BCUT2D eigenvalue weighted by atomic mass is 15.1. The number of rotatable bonds is 3. The summed E-state index contributed by atoms with van der Waals surface area (Å²) in [5.41, 5.74) is 5.76. The third-order valence-electron chi connectivity index (χ3n) is 2.87. The molecule has 0 bridgehead atoms. The second-order valence-electron chi connectivity index (χ2n) is 4.37. The van der Waals surface area contributed by atoms with Crippen molar-refractivity contribution in [1.82, 2.24) is 5.32 Å². The first-order valence-electron chi connectivity index (χ1n) is 5.78. The van der Waals surface area contributed by atoms with Gasteiger partial charge in [-0.25, -0.2) is 0 Å². The van der Waals surface area contributed by atoms with Crippen LogP contribution in [-0.4, -0.2) is 18.5 Å². The molecular formula is C11H23N3. The van der Waals surface area contributed by atoms with Gasteiger partial charge >= 0.3 is 0 Å². The molecule has 82 valence electrons. The molecule has 3 N–H and O–H groups in total. The number of aliphatic imine (C=N–C) groups is 1. The zero-order chi connectivity index (χ0) is 10.4. The van der Waals surface area contributed by atoms with E-state index in [4.69, 9.17) is 5.73 Å². The predicted molar refractivity (Wildman–Crippen MR) is 61.3 cm³/mol. The standard InChI is InChI=1S/C11H23N3/c1-3-8-13-11(12)14-10-6-4-9(2)5-7-10/h9-10H,3-8H2,1-2H3,(H3,12,13,14). The Labute approximate surface area is 87.2 Å². The Morgan fingerprint density at radius 1 is 1.36 bits per heavy atom. The number of nitrogens with one attached hydrogen (secondary N) is 1. The molecule has 0 amide bonds. The van der Waals surface area contributed by atoms with Crippen LogP contribution < -0.4 is 11.1 Å². The predicted octanol–water partition coefficient (Wildman–Crippen LogP) is 1.88. The zero-order valence-corrected chi connectivity index (χ0v) is 9.42. The summed E-state index contributed by atoms with van der Waals surface area (Å²) >= 11 is 0. The molecule has 0 aliphatic heterocycles. The maximum Gasteiger partial charge on any atom is 0.188 e. The molecule has 3 nitrogen and oxygen atoms in total. The van der Waals surface area contributed by atoms with Gasteiger partial charge in [0, 0.05) is 12.6 Å². The van der Waals surface area contributed by atoms with E-state index >= 15 is 0 Å². The number of nitrogens with zero attached hydrogens (tertiary/aromatic N) is 1. The number of hydrogen-bond donors (Lipinski definition) is 2. The maximum absolute atomic E-state index is 5.76.